The molecule has 0 saturated carbocycles. The fourth-order valence-electron chi connectivity index (χ4n) is 1.04. The van der Waals surface area contributed by atoms with E-state index in [2.05, 4.69) is 0 Å². The van der Waals surface area contributed by atoms with Crippen molar-refractivity contribution in [1.29, 1.82) is 0 Å². The van der Waals surface area contributed by atoms with Crippen LogP contribution in [0.3, 0.4) is 0 Å². The van der Waals surface area contributed by atoms with Crippen LogP contribution in [-0.2, 0) is 0 Å². The SMILES string of the molecule is CC(C)CC(C)(O)C(C)(C)O.OB(O)O. The summed E-state index contributed by atoms with van der Waals surface area (Å²) in [5, 5.41) is 40.8. The van der Waals surface area contributed by atoms with Gasteiger partial charge in [0, 0.05) is 0 Å². The maximum Gasteiger partial charge on any atom is 0.631 e. The highest BCUT2D eigenvalue weighted by atomic mass is 16.5. The summed E-state index contributed by atoms with van der Waals surface area (Å²) in [7, 11) is -2.17. The van der Waals surface area contributed by atoms with Crippen LogP contribution in [0.1, 0.15) is 41.0 Å². The van der Waals surface area contributed by atoms with Crippen LogP contribution in [-0.4, -0.2) is 43.8 Å². The Hall–Kier alpha value is -0.135. The lowest BCUT2D eigenvalue weighted by Gasteiger charge is -2.36. The second-order valence-electron chi connectivity index (χ2n) is 4.78. The summed E-state index contributed by atoms with van der Waals surface area (Å²) in [5.74, 6) is 0.399. The molecule has 0 rings (SSSR count). The molecule has 15 heavy (non-hydrogen) atoms. The lowest BCUT2D eigenvalue weighted by Crippen LogP contribution is -2.48. The third kappa shape index (κ3) is 10.2. The van der Waals surface area contributed by atoms with Gasteiger partial charge in [-0.15, -0.1) is 0 Å². The molecule has 1 unspecified atom stereocenters. The van der Waals surface area contributed by atoms with Gasteiger partial charge in [0.05, 0.1) is 11.2 Å². The monoisotopic (exact) mass is 222 g/mol. The van der Waals surface area contributed by atoms with Crippen molar-refractivity contribution in [2.45, 2.75) is 52.2 Å². The average Bonchev–Trinajstić information content (AvgIpc) is 1.78. The molecule has 0 heterocycles. The number of aliphatic hydroxyl groups is 2. The third-order valence-electron chi connectivity index (χ3n) is 2.12. The molecular formula is C9H23BO5. The van der Waals surface area contributed by atoms with Gasteiger partial charge in [0.2, 0.25) is 0 Å². The summed E-state index contributed by atoms with van der Waals surface area (Å²) >= 11 is 0. The molecule has 1 atom stereocenters. The molecule has 0 aliphatic heterocycles. The van der Waals surface area contributed by atoms with E-state index >= 15 is 0 Å². The van der Waals surface area contributed by atoms with Crippen molar-refractivity contribution in [2.24, 2.45) is 5.92 Å². The maximum atomic E-state index is 9.77. The Morgan fingerprint density at radius 1 is 1.00 bits per heavy atom. The van der Waals surface area contributed by atoms with Crippen LogP contribution >= 0.6 is 0 Å². The van der Waals surface area contributed by atoms with Gasteiger partial charge in [-0.2, -0.15) is 0 Å². The quantitative estimate of drug-likeness (QED) is 0.414. The normalized spacial score (nSPS) is 15.4. The van der Waals surface area contributed by atoms with E-state index < -0.39 is 18.5 Å². The first kappa shape index (κ1) is 17.3. The molecule has 5 N–H and O–H groups in total. The highest BCUT2D eigenvalue weighted by Crippen LogP contribution is 2.27. The Morgan fingerprint density at radius 3 is 1.33 bits per heavy atom. The van der Waals surface area contributed by atoms with Crippen molar-refractivity contribution in [3.05, 3.63) is 0 Å². The fourth-order valence-corrected chi connectivity index (χ4v) is 1.04. The molecule has 0 aromatic rings. The van der Waals surface area contributed by atoms with Crippen molar-refractivity contribution >= 4 is 7.32 Å². The Morgan fingerprint density at radius 2 is 1.27 bits per heavy atom. The van der Waals surface area contributed by atoms with Gasteiger partial charge in [0.15, 0.2) is 0 Å². The predicted octanol–water partition coefficient (Wildman–Crippen LogP) is -0.497. The van der Waals surface area contributed by atoms with E-state index in [9.17, 15) is 10.2 Å². The Balaban J connectivity index is 0. The molecule has 0 aliphatic rings. The highest BCUT2D eigenvalue weighted by molar-refractivity contribution is 6.30. The Labute approximate surface area is 91.6 Å². The van der Waals surface area contributed by atoms with Crippen molar-refractivity contribution in [3.8, 4) is 0 Å². The van der Waals surface area contributed by atoms with Crippen LogP contribution in [0.4, 0.5) is 0 Å². The standard InChI is InChI=1S/C9H20O2.BH3O3/c1-7(2)6-9(5,11)8(3,4)10;2-1(3)4/h7,10-11H,6H2,1-5H3;2-4H. The minimum Gasteiger partial charge on any atom is -0.402 e. The lowest BCUT2D eigenvalue weighted by atomic mass is 9.81. The summed E-state index contributed by atoms with van der Waals surface area (Å²) in [4.78, 5) is 0. The molecule has 0 spiro atoms. The first-order chi connectivity index (χ1) is 6.40. The van der Waals surface area contributed by atoms with Gasteiger partial charge in [-0.3, -0.25) is 0 Å². The highest BCUT2D eigenvalue weighted by Gasteiger charge is 2.37. The summed E-state index contributed by atoms with van der Waals surface area (Å²) < 4.78 is 0. The van der Waals surface area contributed by atoms with E-state index in [1.165, 1.54) is 0 Å². The smallest absolute Gasteiger partial charge is 0.402 e. The van der Waals surface area contributed by atoms with E-state index in [1.807, 2.05) is 13.8 Å². The van der Waals surface area contributed by atoms with Crippen LogP contribution in [0.25, 0.3) is 0 Å². The first-order valence-corrected chi connectivity index (χ1v) is 4.89. The van der Waals surface area contributed by atoms with Crippen LogP contribution < -0.4 is 0 Å². The van der Waals surface area contributed by atoms with Gasteiger partial charge in [-0.05, 0) is 33.1 Å². The molecule has 0 amide bonds. The van der Waals surface area contributed by atoms with Crippen molar-refractivity contribution in [3.63, 3.8) is 0 Å². The van der Waals surface area contributed by atoms with Crippen LogP contribution in [0, 0.1) is 5.92 Å². The molecule has 0 aromatic heterocycles. The first-order valence-electron chi connectivity index (χ1n) is 4.89. The number of hydrogen-bond donors (Lipinski definition) is 5. The summed E-state index contributed by atoms with van der Waals surface area (Å²) in [6.45, 7) is 9.00. The van der Waals surface area contributed by atoms with Crippen molar-refractivity contribution < 1.29 is 25.3 Å². The van der Waals surface area contributed by atoms with Crippen LogP contribution in [0.15, 0.2) is 0 Å². The molecular weight excluding hydrogens is 199 g/mol. The third-order valence-corrected chi connectivity index (χ3v) is 2.12. The zero-order valence-corrected chi connectivity index (χ0v) is 10.1. The van der Waals surface area contributed by atoms with Crippen LogP contribution in [0.5, 0.6) is 0 Å². The largest absolute Gasteiger partial charge is 0.631 e. The minimum atomic E-state index is -2.17. The Kier molecular flexibility index (Phi) is 7.42. The minimum absolute atomic E-state index is 0.399. The summed E-state index contributed by atoms with van der Waals surface area (Å²) in [6.07, 6.45) is 0.622. The molecule has 0 radical (unpaired) electrons. The summed E-state index contributed by atoms with van der Waals surface area (Å²) in [6, 6.07) is 0. The van der Waals surface area contributed by atoms with E-state index in [4.69, 9.17) is 15.1 Å². The predicted molar refractivity (Wildman–Crippen MR) is 58.8 cm³/mol. The summed E-state index contributed by atoms with van der Waals surface area (Å²) in [5.41, 5.74) is -2.00. The topological polar surface area (TPSA) is 101 Å². The molecule has 0 aromatic carbocycles. The molecule has 5 nitrogen and oxygen atoms in total. The zero-order valence-electron chi connectivity index (χ0n) is 10.1. The van der Waals surface area contributed by atoms with Crippen molar-refractivity contribution in [2.75, 3.05) is 0 Å². The Bertz CT molecular complexity index is 160. The van der Waals surface area contributed by atoms with E-state index in [0.29, 0.717) is 12.3 Å². The lowest BCUT2D eigenvalue weighted by molar-refractivity contribution is -0.129. The van der Waals surface area contributed by atoms with Gasteiger partial charge in [-0.1, -0.05) is 13.8 Å². The number of hydrogen-bond acceptors (Lipinski definition) is 5. The molecule has 0 saturated heterocycles. The van der Waals surface area contributed by atoms with E-state index in [0.717, 1.165) is 0 Å². The molecule has 0 aliphatic carbocycles. The van der Waals surface area contributed by atoms with Crippen molar-refractivity contribution in [1.82, 2.24) is 0 Å². The zero-order chi connectivity index (χ0) is 12.9. The van der Waals surface area contributed by atoms with Gasteiger partial charge >= 0.3 is 7.32 Å². The maximum absolute atomic E-state index is 9.77. The van der Waals surface area contributed by atoms with Gasteiger partial charge < -0.3 is 25.3 Å². The second-order valence-corrected chi connectivity index (χ2v) is 4.78. The second kappa shape index (κ2) is 6.45. The average molecular weight is 222 g/mol. The molecule has 92 valence electrons. The van der Waals surface area contributed by atoms with E-state index in [1.54, 1.807) is 20.8 Å². The van der Waals surface area contributed by atoms with E-state index in [-0.39, 0.29) is 0 Å². The number of rotatable bonds is 3. The molecule has 0 bridgehead atoms. The molecule has 0 fully saturated rings. The van der Waals surface area contributed by atoms with Crippen LogP contribution in [0.2, 0.25) is 0 Å². The van der Waals surface area contributed by atoms with Gasteiger partial charge in [0.25, 0.3) is 0 Å². The molecule has 6 heteroatoms. The van der Waals surface area contributed by atoms with Gasteiger partial charge in [0.1, 0.15) is 0 Å². The fraction of sp³-hybridized carbons (Fsp3) is 1.00. The van der Waals surface area contributed by atoms with Gasteiger partial charge in [-0.25, -0.2) is 0 Å².